The van der Waals surface area contributed by atoms with Crippen molar-refractivity contribution >= 4 is 34.8 Å². The quantitative estimate of drug-likeness (QED) is 0.378. The van der Waals surface area contributed by atoms with Gasteiger partial charge in [-0.1, -0.05) is 0 Å². The largest absolute Gasteiger partial charge is 0.285 e. The smallest absolute Gasteiger partial charge is 0.268 e. The molecule has 0 fully saturated rings. The predicted octanol–water partition coefficient (Wildman–Crippen LogP) is 0.695. The van der Waals surface area contributed by atoms with Crippen LogP contribution in [0.1, 0.15) is 15.9 Å². The van der Waals surface area contributed by atoms with E-state index in [0.717, 1.165) is 8.58 Å². The summed E-state index contributed by atoms with van der Waals surface area (Å²) in [6.07, 6.45) is 1.70. The Morgan fingerprint density at radius 2 is 2.21 bits per heavy atom. The highest BCUT2D eigenvalue weighted by atomic mass is 127. The number of hydrazine groups is 1. The first kappa shape index (κ1) is 11.1. The fourth-order valence-corrected chi connectivity index (χ4v) is 1.46. The van der Waals surface area contributed by atoms with Gasteiger partial charge in [0.05, 0.1) is 5.56 Å². The molecule has 0 atom stereocenters. The molecule has 0 aromatic heterocycles. The van der Waals surface area contributed by atoms with Crippen LogP contribution in [0, 0.1) is 3.57 Å². The SMILES string of the molecule is CN(N)C(=O)c1cc(I)ccc1[C]=O. The second-order valence-corrected chi connectivity index (χ2v) is 3.95. The minimum absolute atomic E-state index is 0.229. The van der Waals surface area contributed by atoms with Gasteiger partial charge in [-0.3, -0.25) is 14.6 Å². The van der Waals surface area contributed by atoms with Crippen LogP contribution in [-0.4, -0.2) is 24.2 Å². The molecule has 0 aliphatic carbocycles. The predicted molar refractivity (Wildman–Crippen MR) is 60.2 cm³/mol. The number of nitrogens with two attached hydrogens (primary N) is 1. The van der Waals surface area contributed by atoms with Crippen LogP contribution in [0.3, 0.4) is 0 Å². The zero-order chi connectivity index (χ0) is 10.7. The van der Waals surface area contributed by atoms with Crippen LogP contribution in [0.2, 0.25) is 0 Å². The maximum Gasteiger partial charge on any atom is 0.268 e. The van der Waals surface area contributed by atoms with Gasteiger partial charge < -0.3 is 0 Å². The van der Waals surface area contributed by atoms with E-state index < -0.39 is 5.91 Å². The van der Waals surface area contributed by atoms with E-state index in [4.69, 9.17) is 5.84 Å². The summed E-state index contributed by atoms with van der Waals surface area (Å²) < 4.78 is 0.867. The summed E-state index contributed by atoms with van der Waals surface area (Å²) in [4.78, 5) is 22.0. The first-order valence-corrected chi connectivity index (χ1v) is 4.84. The summed E-state index contributed by atoms with van der Waals surface area (Å²) in [6.45, 7) is 0. The van der Waals surface area contributed by atoms with E-state index in [9.17, 15) is 9.59 Å². The van der Waals surface area contributed by atoms with Crippen LogP contribution < -0.4 is 5.84 Å². The number of hydrogen-bond donors (Lipinski definition) is 1. The fourth-order valence-electron chi connectivity index (χ4n) is 0.972. The zero-order valence-corrected chi connectivity index (χ0v) is 9.61. The molecule has 0 saturated carbocycles. The third kappa shape index (κ3) is 2.30. The van der Waals surface area contributed by atoms with E-state index in [-0.39, 0.29) is 11.1 Å². The van der Waals surface area contributed by atoms with Gasteiger partial charge in [0.1, 0.15) is 0 Å². The van der Waals surface area contributed by atoms with Gasteiger partial charge in [-0.05, 0) is 40.8 Å². The van der Waals surface area contributed by atoms with Crippen LogP contribution in [0.5, 0.6) is 0 Å². The highest BCUT2D eigenvalue weighted by molar-refractivity contribution is 14.1. The van der Waals surface area contributed by atoms with Gasteiger partial charge in [0.2, 0.25) is 6.29 Å². The van der Waals surface area contributed by atoms with E-state index in [2.05, 4.69) is 22.6 Å². The molecule has 1 aromatic carbocycles. The van der Waals surface area contributed by atoms with Gasteiger partial charge in [-0.2, -0.15) is 0 Å². The lowest BCUT2D eigenvalue weighted by Gasteiger charge is -2.11. The monoisotopic (exact) mass is 303 g/mol. The molecule has 4 nitrogen and oxygen atoms in total. The standard InChI is InChI=1S/C9H8IN2O2/c1-12(11)9(14)8-4-7(10)3-2-6(8)5-13/h2-4H,11H2,1H3. The number of halogens is 1. The van der Waals surface area contributed by atoms with Crippen molar-refractivity contribution in [3.8, 4) is 0 Å². The van der Waals surface area contributed by atoms with Gasteiger partial charge in [-0.15, -0.1) is 0 Å². The highest BCUT2D eigenvalue weighted by Crippen LogP contribution is 2.13. The van der Waals surface area contributed by atoms with Crippen molar-refractivity contribution in [2.75, 3.05) is 7.05 Å². The zero-order valence-electron chi connectivity index (χ0n) is 7.45. The maximum atomic E-state index is 11.5. The van der Waals surface area contributed by atoms with Gasteiger partial charge >= 0.3 is 0 Å². The Bertz CT molecular complexity index is 377. The number of rotatable bonds is 2. The lowest BCUT2D eigenvalue weighted by Crippen LogP contribution is -2.33. The minimum Gasteiger partial charge on any atom is -0.285 e. The first-order chi connectivity index (χ1) is 6.56. The van der Waals surface area contributed by atoms with E-state index >= 15 is 0 Å². The summed E-state index contributed by atoms with van der Waals surface area (Å²) in [5, 5.41) is 0.937. The molecule has 1 radical (unpaired) electrons. The Morgan fingerprint density at radius 1 is 1.57 bits per heavy atom. The minimum atomic E-state index is -0.401. The summed E-state index contributed by atoms with van der Waals surface area (Å²) in [5.41, 5.74) is 0.504. The second-order valence-electron chi connectivity index (χ2n) is 2.71. The summed E-state index contributed by atoms with van der Waals surface area (Å²) in [7, 11) is 1.43. The summed E-state index contributed by atoms with van der Waals surface area (Å²) in [5.74, 6) is 4.89. The van der Waals surface area contributed by atoms with Gasteiger partial charge in [0.15, 0.2) is 0 Å². The Labute approximate surface area is 95.2 Å². The first-order valence-electron chi connectivity index (χ1n) is 3.76. The van der Waals surface area contributed by atoms with E-state index in [1.165, 1.54) is 7.05 Å². The van der Waals surface area contributed by atoms with Crippen LogP contribution >= 0.6 is 22.6 Å². The molecule has 1 aromatic rings. The van der Waals surface area contributed by atoms with Gasteiger partial charge in [0, 0.05) is 16.2 Å². The maximum absolute atomic E-state index is 11.5. The van der Waals surface area contributed by atoms with Crippen molar-refractivity contribution in [2.24, 2.45) is 5.84 Å². The normalized spacial score (nSPS) is 9.64. The number of hydrogen-bond acceptors (Lipinski definition) is 3. The molecule has 0 bridgehead atoms. The molecule has 0 aliphatic rings. The number of carbonyl (C=O) groups excluding carboxylic acids is 2. The Morgan fingerprint density at radius 3 is 2.71 bits per heavy atom. The summed E-state index contributed by atoms with van der Waals surface area (Å²) >= 11 is 2.05. The lowest BCUT2D eigenvalue weighted by atomic mass is 10.1. The Balaban J connectivity index is 3.23. The lowest BCUT2D eigenvalue weighted by molar-refractivity contribution is 0.0795. The average molecular weight is 303 g/mol. The fraction of sp³-hybridized carbons (Fsp3) is 0.111. The molecule has 0 spiro atoms. The molecule has 0 unspecified atom stereocenters. The molecule has 0 aliphatic heterocycles. The molecule has 0 saturated heterocycles. The van der Waals surface area contributed by atoms with E-state index in [0.29, 0.717) is 0 Å². The van der Waals surface area contributed by atoms with Gasteiger partial charge in [-0.25, -0.2) is 5.84 Å². The van der Waals surface area contributed by atoms with Crippen molar-refractivity contribution in [1.29, 1.82) is 0 Å². The number of amides is 1. The van der Waals surface area contributed by atoms with Crippen molar-refractivity contribution in [3.05, 3.63) is 32.9 Å². The average Bonchev–Trinajstić information content (AvgIpc) is 2.16. The van der Waals surface area contributed by atoms with E-state index in [1.807, 2.05) is 0 Å². The molecular weight excluding hydrogens is 295 g/mol. The number of benzene rings is 1. The van der Waals surface area contributed by atoms with Crippen LogP contribution in [0.25, 0.3) is 0 Å². The van der Waals surface area contributed by atoms with Crippen LogP contribution in [0.4, 0.5) is 0 Å². The highest BCUT2D eigenvalue weighted by Gasteiger charge is 2.13. The third-order valence-corrected chi connectivity index (χ3v) is 2.31. The van der Waals surface area contributed by atoms with Crippen LogP contribution in [-0.2, 0) is 4.79 Å². The second kappa shape index (κ2) is 4.52. The molecule has 2 N–H and O–H groups in total. The van der Waals surface area contributed by atoms with E-state index in [1.54, 1.807) is 24.5 Å². The third-order valence-electron chi connectivity index (χ3n) is 1.64. The van der Waals surface area contributed by atoms with Gasteiger partial charge in [0.25, 0.3) is 5.91 Å². The molecule has 1 rings (SSSR count). The van der Waals surface area contributed by atoms with Crippen molar-refractivity contribution < 1.29 is 9.59 Å². The Hall–Kier alpha value is -0.950. The molecule has 5 heteroatoms. The van der Waals surface area contributed by atoms with Crippen molar-refractivity contribution in [3.63, 3.8) is 0 Å². The van der Waals surface area contributed by atoms with Crippen molar-refractivity contribution in [2.45, 2.75) is 0 Å². The summed E-state index contributed by atoms with van der Waals surface area (Å²) in [6, 6.07) is 4.88. The number of nitrogens with zero attached hydrogens (tertiary/aromatic N) is 1. The topological polar surface area (TPSA) is 63.4 Å². The molecular formula is C9H8IN2O2. The van der Waals surface area contributed by atoms with Crippen molar-refractivity contribution in [1.82, 2.24) is 5.01 Å². The number of carbonyl (C=O) groups is 1. The Kier molecular flexibility index (Phi) is 3.59. The van der Waals surface area contributed by atoms with Crippen LogP contribution in [0.15, 0.2) is 18.2 Å². The molecule has 14 heavy (non-hydrogen) atoms. The molecule has 1 amide bonds. The molecule has 0 heterocycles. The molecule has 73 valence electrons.